The summed E-state index contributed by atoms with van der Waals surface area (Å²) < 4.78 is 44.1. The van der Waals surface area contributed by atoms with Crippen molar-refractivity contribution < 1.29 is 17.9 Å². The molecular formula is C12H17F3N4O. The molecule has 5 nitrogen and oxygen atoms in total. The van der Waals surface area contributed by atoms with Crippen LogP contribution in [0.2, 0.25) is 0 Å². The SMILES string of the molecule is CNc1nc(N2CC(C)OCC2C)cc(C(F)(F)F)n1. The van der Waals surface area contributed by atoms with E-state index in [-0.39, 0.29) is 23.9 Å². The highest BCUT2D eigenvalue weighted by Gasteiger charge is 2.35. The van der Waals surface area contributed by atoms with Gasteiger partial charge in [0.2, 0.25) is 5.95 Å². The second-order valence-electron chi connectivity index (χ2n) is 4.83. The predicted octanol–water partition coefficient (Wildman–Crippen LogP) is 2.15. The lowest BCUT2D eigenvalue weighted by molar-refractivity contribution is -0.141. The van der Waals surface area contributed by atoms with Crippen molar-refractivity contribution in [1.29, 1.82) is 0 Å². The first-order valence-corrected chi connectivity index (χ1v) is 6.33. The first-order chi connectivity index (χ1) is 9.31. The molecule has 20 heavy (non-hydrogen) atoms. The van der Waals surface area contributed by atoms with E-state index in [2.05, 4.69) is 15.3 Å². The Balaban J connectivity index is 2.39. The first kappa shape index (κ1) is 14.8. The Morgan fingerprint density at radius 1 is 1.35 bits per heavy atom. The highest BCUT2D eigenvalue weighted by molar-refractivity contribution is 5.46. The molecule has 2 atom stereocenters. The Kier molecular flexibility index (Phi) is 4.03. The van der Waals surface area contributed by atoms with Crippen LogP contribution in [0.4, 0.5) is 24.9 Å². The second kappa shape index (κ2) is 5.43. The minimum Gasteiger partial charge on any atom is -0.375 e. The van der Waals surface area contributed by atoms with E-state index in [9.17, 15) is 13.2 Å². The molecule has 1 aliphatic rings. The first-order valence-electron chi connectivity index (χ1n) is 6.33. The van der Waals surface area contributed by atoms with Gasteiger partial charge in [0.1, 0.15) is 5.82 Å². The molecule has 2 rings (SSSR count). The topological polar surface area (TPSA) is 50.3 Å². The molecule has 2 unspecified atom stereocenters. The number of nitrogens with zero attached hydrogens (tertiary/aromatic N) is 3. The molecule has 1 N–H and O–H groups in total. The summed E-state index contributed by atoms with van der Waals surface area (Å²) in [5.74, 6) is 0.223. The highest BCUT2D eigenvalue weighted by Crippen LogP contribution is 2.31. The molecule has 1 saturated heterocycles. The summed E-state index contributed by atoms with van der Waals surface area (Å²) in [6.45, 7) is 4.73. The van der Waals surface area contributed by atoms with Crippen molar-refractivity contribution >= 4 is 11.8 Å². The van der Waals surface area contributed by atoms with E-state index in [0.29, 0.717) is 13.2 Å². The zero-order valence-corrected chi connectivity index (χ0v) is 11.5. The zero-order valence-electron chi connectivity index (χ0n) is 11.5. The number of anilines is 2. The Bertz CT molecular complexity index is 480. The number of alkyl halides is 3. The van der Waals surface area contributed by atoms with Crippen LogP contribution in [0.25, 0.3) is 0 Å². The minimum atomic E-state index is -4.50. The van der Waals surface area contributed by atoms with Crippen LogP contribution in [0.1, 0.15) is 19.5 Å². The smallest absolute Gasteiger partial charge is 0.375 e. The van der Waals surface area contributed by atoms with Crippen molar-refractivity contribution in [1.82, 2.24) is 9.97 Å². The normalized spacial score (nSPS) is 23.8. The average molecular weight is 290 g/mol. The molecule has 0 bridgehead atoms. The fraction of sp³-hybridized carbons (Fsp3) is 0.667. The molecule has 2 heterocycles. The Morgan fingerprint density at radius 3 is 2.65 bits per heavy atom. The van der Waals surface area contributed by atoms with E-state index in [1.165, 1.54) is 7.05 Å². The fourth-order valence-corrected chi connectivity index (χ4v) is 2.06. The van der Waals surface area contributed by atoms with Crippen LogP contribution in [-0.4, -0.2) is 42.3 Å². The van der Waals surface area contributed by atoms with Crippen molar-refractivity contribution in [3.8, 4) is 0 Å². The number of morpholine rings is 1. The summed E-state index contributed by atoms with van der Waals surface area (Å²) in [4.78, 5) is 9.39. The van der Waals surface area contributed by atoms with Crippen molar-refractivity contribution in [2.24, 2.45) is 0 Å². The number of hydrogen-bond donors (Lipinski definition) is 1. The molecular weight excluding hydrogens is 273 g/mol. The van der Waals surface area contributed by atoms with E-state index >= 15 is 0 Å². The molecule has 112 valence electrons. The molecule has 1 aliphatic heterocycles. The summed E-state index contributed by atoms with van der Waals surface area (Å²) in [6.07, 6.45) is -4.54. The second-order valence-corrected chi connectivity index (χ2v) is 4.83. The van der Waals surface area contributed by atoms with Gasteiger partial charge in [-0.2, -0.15) is 18.2 Å². The lowest BCUT2D eigenvalue weighted by Crippen LogP contribution is -2.48. The maximum Gasteiger partial charge on any atom is 0.433 e. The predicted molar refractivity (Wildman–Crippen MR) is 68.8 cm³/mol. The quantitative estimate of drug-likeness (QED) is 0.904. The van der Waals surface area contributed by atoms with Gasteiger partial charge in [-0.05, 0) is 13.8 Å². The summed E-state index contributed by atoms with van der Waals surface area (Å²) in [7, 11) is 1.49. The molecule has 0 spiro atoms. The molecule has 8 heteroatoms. The van der Waals surface area contributed by atoms with Gasteiger partial charge in [-0.1, -0.05) is 0 Å². The molecule has 0 aromatic carbocycles. The number of nitrogens with one attached hydrogen (secondary N) is 1. The van der Waals surface area contributed by atoms with Crippen LogP contribution in [0.15, 0.2) is 6.07 Å². The number of aromatic nitrogens is 2. The zero-order chi connectivity index (χ0) is 14.9. The van der Waals surface area contributed by atoms with Gasteiger partial charge in [-0.3, -0.25) is 0 Å². The van der Waals surface area contributed by atoms with Gasteiger partial charge in [-0.25, -0.2) is 4.98 Å². The number of halogens is 3. The summed E-state index contributed by atoms with van der Waals surface area (Å²) >= 11 is 0. The van der Waals surface area contributed by atoms with Gasteiger partial charge in [0.25, 0.3) is 0 Å². The minimum absolute atomic E-state index is 0.0353. The maximum absolute atomic E-state index is 12.9. The van der Waals surface area contributed by atoms with E-state index in [1.807, 2.05) is 18.7 Å². The molecule has 1 aromatic heterocycles. The fourth-order valence-electron chi connectivity index (χ4n) is 2.06. The van der Waals surface area contributed by atoms with Crippen LogP contribution in [0.5, 0.6) is 0 Å². The number of hydrogen-bond acceptors (Lipinski definition) is 5. The lowest BCUT2D eigenvalue weighted by Gasteiger charge is -2.37. The van der Waals surface area contributed by atoms with Gasteiger partial charge in [0.15, 0.2) is 5.69 Å². The van der Waals surface area contributed by atoms with Gasteiger partial charge < -0.3 is 15.0 Å². The molecule has 1 fully saturated rings. The third kappa shape index (κ3) is 3.12. The van der Waals surface area contributed by atoms with Gasteiger partial charge >= 0.3 is 6.18 Å². The number of rotatable bonds is 2. The van der Waals surface area contributed by atoms with Crippen molar-refractivity contribution in [3.05, 3.63) is 11.8 Å². The van der Waals surface area contributed by atoms with E-state index in [4.69, 9.17) is 4.74 Å². The summed E-state index contributed by atoms with van der Waals surface area (Å²) in [5, 5.41) is 2.56. The Labute approximate surface area is 115 Å². The molecule has 1 aromatic rings. The monoisotopic (exact) mass is 290 g/mol. The standard InChI is InChI=1S/C12H17F3N4O/c1-7-6-20-8(2)5-19(7)10-4-9(12(13,14)15)17-11(16-3)18-10/h4,7-8H,5-6H2,1-3H3,(H,16,17,18). The van der Waals surface area contributed by atoms with Crippen LogP contribution in [0.3, 0.4) is 0 Å². The summed E-state index contributed by atoms with van der Waals surface area (Å²) in [5.41, 5.74) is -0.946. The largest absolute Gasteiger partial charge is 0.433 e. The van der Waals surface area contributed by atoms with Crippen LogP contribution in [-0.2, 0) is 10.9 Å². The molecule has 0 saturated carbocycles. The average Bonchev–Trinajstić information content (AvgIpc) is 2.40. The summed E-state index contributed by atoms with van der Waals surface area (Å²) in [6, 6.07) is 0.946. The Hall–Kier alpha value is -1.57. The number of ether oxygens (including phenoxy) is 1. The third-order valence-electron chi connectivity index (χ3n) is 3.13. The van der Waals surface area contributed by atoms with Crippen LogP contribution >= 0.6 is 0 Å². The Morgan fingerprint density at radius 2 is 2.05 bits per heavy atom. The molecule has 0 amide bonds. The maximum atomic E-state index is 12.9. The van der Waals surface area contributed by atoms with Gasteiger partial charge in [0, 0.05) is 19.7 Å². The van der Waals surface area contributed by atoms with Gasteiger partial charge in [-0.15, -0.1) is 0 Å². The highest BCUT2D eigenvalue weighted by atomic mass is 19.4. The lowest BCUT2D eigenvalue weighted by atomic mass is 10.2. The van der Waals surface area contributed by atoms with E-state index in [0.717, 1.165) is 6.07 Å². The van der Waals surface area contributed by atoms with Crippen molar-refractivity contribution in [2.45, 2.75) is 32.2 Å². The molecule has 0 aliphatic carbocycles. The van der Waals surface area contributed by atoms with Gasteiger partial charge in [0.05, 0.1) is 18.8 Å². The van der Waals surface area contributed by atoms with Crippen LogP contribution < -0.4 is 10.2 Å². The van der Waals surface area contributed by atoms with Crippen molar-refractivity contribution in [3.63, 3.8) is 0 Å². The van der Waals surface area contributed by atoms with E-state index < -0.39 is 11.9 Å². The van der Waals surface area contributed by atoms with Crippen molar-refractivity contribution in [2.75, 3.05) is 30.4 Å². The van der Waals surface area contributed by atoms with E-state index in [1.54, 1.807) is 0 Å². The third-order valence-corrected chi connectivity index (χ3v) is 3.13. The van der Waals surface area contributed by atoms with Crippen LogP contribution in [0, 0.1) is 0 Å². The molecule has 0 radical (unpaired) electrons.